The van der Waals surface area contributed by atoms with Crippen LogP contribution in [-0.2, 0) is 4.79 Å². The third-order valence-electron chi connectivity index (χ3n) is 4.63. The molecular formula is C25H20N2O4S. The molecule has 1 aliphatic heterocycles. The smallest absolute Gasteiger partial charge is 0.335 e. The predicted octanol–water partition coefficient (Wildman–Crippen LogP) is 5.59. The van der Waals surface area contributed by atoms with Gasteiger partial charge in [0.05, 0.1) is 28.5 Å². The van der Waals surface area contributed by atoms with Crippen LogP contribution in [-0.4, -0.2) is 28.8 Å². The van der Waals surface area contributed by atoms with Gasteiger partial charge in [0.1, 0.15) is 5.75 Å². The Kier molecular flexibility index (Phi) is 6.37. The molecule has 160 valence electrons. The molecule has 0 spiro atoms. The zero-order valence-corrected chi connectivity index (χ0v) is 18.1. The lowest BCUT2D eigenvalue weighted by Gasteiger charge is -2.15. The van der Waals surface area contributed by atoms with Crippen LogP contribution in [0.25, 0.3) is 6.08 Å². The fourth-order valence-corrected chi connectivity index (χ4v) is 4.15. The van der Waals surface area contributed by atoms with Crippen molar-refractivity contribution in [2.75, 3.05) is 11.5 Å². The molecule has 7 heteroatoms. The third kappa shape index (κ3) is 4.73. The number of para-hydroxylation sites is 1. The molecule has 0 radical (unpaired) electrons. The van der Waals surface area contributed by atoms with Crippen LogP contribution in [0.2, 0.25) is 0 Å². The summed E-state index contributed by atoms with van der Waals surface area (Å²) in [4.78, 5) is 31.3. The molecule has 3 aromatic rings. The van der Waals surface area contributed by atoms with E-state index < -0.39 is 5.97 Å². The predicted molar refractivity (Wildman–Crippen MR) is 128 cm³/mol. The standard InChI is InChI=1S/C25H20N2O4S/c1-2-31-21-13-11-17(12-14-21)15-22-23(28)27(20-9-4-3-5-10-20)25(32-22)26-19-8-6-7-18(16-19)24(29)30/h3-16H,2H2,1H3,(H,29,30)/b22-15-,26-25?. The molecule has 1 amide bonds. The van der Waals surface area contributed by atoms with Gasteiger partial charge >= 0.3 is 5.97 Å². The quantitative estimate of drug-likeness (QED) is 0.501. The molecule has 3 aromatic carbocycles. The van der Waals surface area contributed by atoms with Gasteiger partial charge in [-0.2, -0.15) is 0 Å². The van der Waals surface area contributed by atoms with Crippen molar-refractivity contribution >= 4 is 46.3 Å². The summed E-state index contributed by atoms with van der Waals surface area (Å²) >= 11 is 1.25. The van der Waals surface area contributed by atoms with E-state index in [1.807, 2.05) is 67.6 Å². The van der Waals surface area contributed by atoms with Crippen LogP contribution in [0.1, 0.15) is 22.8 Å². The van der Waals surface area contributed by atoms with Crippen molar-refractivity contribution in [1.82, 2.24) is 0 Å². The summed E-state index contributed by atoms with van der Waals surface area (Å²) in [5.74, 6) is -0.451. The Labute approximate surface area is 189 Å². The van der Waals surface area contributed by atoms with Gasteiger partial charge in [0.2, 0.25) is 0 Å². The Hall–Kier alpha value is -3.84. The van der Waals surface area contributed by atoms with Gasteiger partial charge in [-0.3, -0.25) is 9.69 Å². The summed E-state index contributed by atoms with van der Waals surface area (Å²) in [5, 5.41) is 9.72. The molecule has 6 nitrogen and oxygen atoms in total. The number of carbonyl (C=O) groups is 2. The van der Waals surface area contributed by atoms with E-state index in [-0.39, 0.29) is 11.5 Å². The van der Waals surface area contributed by atoms with E-state index >= 15 is 0 Å². The van der Waals surface area contributed by atoms with Crippen molar-refractivity contribution in [2.45, 2.75) is 6.92 Å². The maximum absolute atomic E-state index is 13.3. The first-order chi connectivity index (χ1) is 15.5. The highest BCUT2D eigenvalue weighted by molar-refractivity contribution is 8.19. The second-order valence-electron chi connectivity index (χ2n) is 6.84. The minimum Gasteiger partial charge on any atom is -0.494 e. The number of anilines is 1. The van der Waals surface area contributed by atoms with Crippen LogP contribution in [0.4, 0.5) is 11.4 Å². The molecule has 0 unspecified atom stereocenters. The van der Waals surface area contributed by atoms with Gasteiger partial charge in [-0.05, 0) is 72.8 Å². The first kappa shape index (κ1) is 21.4. The number of thioether (sulfide) groups is 1. The third-order valence-corrected chi connectivity index (χ3v) is 5.60. The van der Waals surface area contributed by atoms with Gasteiger partial charge in [0.15, 0.2) is 5.17 Å². The number of aliphatic imine (C=N–C) groups is 1. The number of carbonyl (C=O) groups excluding carboxylic acids is 1. The number of aromatic carboxylic acids is 1. The largest absolute Gasteiger partial charge is 0.494 e. The highest BCUT2D eigenvalue weighted by Crippen LogP contribution is 2.37. The van der Waals surface area contributed by atoms with E-state index in [2.05, 4.69) is 4.99 Å². The molecule has 0 bridgehead atoms. The molecule has 4 rings (SSSR count). The second-order valence-corrected chi connectivity index (χ2v) is 7.85. The van der Waals surface area contributed by atoms with Crippen LogP contribution in [0.15, 0.2) is 88.8 Å². The summed E-state index contributed by atoms with van der Waals surface area (Å²) in [6, 6.07) is 23.1. The van der Waals surface area contributed by atoms with Gasteiger partial charge in [-0.25, -0.2) is 9.79 Å². The van der Waals surface area contributed by atoms with E-state index in [0.717, 1.165) is 11.3 Å². The minimum atomic E-state index is -1.03. The monoisotopic (exact) mass is 444 g/mol. The van der Waals surface area contributed by atoms with Crippen LogP contribution in [0.3, 0.4) is 0 Å². The van der Waals surface area contributed by atoms with Crippen molar-refractivity contribution in [3.05, 3.63) is 94.9 Å². The highest BCUT2D eigenvalue weighted by Gasteiger charge is 2.34. The molecule has 0 aliphatic carbocycles. The maximum atomic E-state index is 13.3. The van der Waals surface area contributed by atoms with Crippen molar-refractivity contribution < 1.29 is 19.4 Å². The molecule has 1 saturated heterocycles. The summed E-state index contributed by atoms with van der Waals surface area (Å²) in [7, 11) is 0. The zero-order valence-electron chi connectivity index (χ0n) is 17.3. The fourth-order valence-electron chi connectivity index (χ4n) is 3.15. The van der Waals surface area contributed by atoms with Crippen LogP contribution in [0.5, 0.6) is 5.75 Å². The summed E-state index contributed by atoms with van der Waals surface area (Å²) in [6.07, 6.45) is 1.81. The first-order valence-corrected chi connectivity index (χ1v) is 10.8. The molecule has 1 fully saturated rings. The average molecular weight is 445 g/mol. The maximum Gasteiger partial charge on any atom is 0.335 e. The fraction of sp³-hybridized carbons (Fsp3) is 0.0800. The number of rotatable bonds is 6. The van der Waals surface area contributed by atoms with Crippen LogP contribution in [0, 0.1) is 0 Å². The molecule has 1 aliphatic rings. The van der Waals surface area contributed by atoms with Gasteiger partial charge in [0, 0.05) is 0 Å². The lowest BCUT2D eigenvalue weighted by Crippen LogP contribution is -2.28. The van der Waals surface area contributed by atoms with Crippen molar-refractivity contribution in [2.24, 2.45) is 4.99 Å². The Balaban J connectivity index is 1.72. The Morgan fingerprint density at radius 2 is 1.81 bits per heavy atom. The zero-order chi connectivity index (χ0) is 22.5. The van der Waals surface area contributed by atoms with Crippen molar-refractivity contribution in [3.8, 4) is 5.75 Å². The van der Waals surface area contributed by atoms with Gasteiger partial charge in [-0.15, -0.1) is 0 Å². The second kappa shape index (κ2) is 9.53. The van der Waals surface area contributed by atoms with E-state index in [0.29, 0.717) is 28.1 Å². The molecule has 0 saturated carbocycles. The number of amides is 1. The van der Waals surface area contributed by atoms with E-state index in [1.54, 1.807) is 17.0 Å². The van der Waals surface area contributed by atoms with Gasteiger partial charge < -0.3 is 9.84 Å². The number of hydrogen-bond donors (Lipinski definition) is 1. The molecule has 0 aromatic heterocycles. The van der Waals surface area contributed by atoms with Gasteiger partial charge in [0.25, 0.3) is 5.91 Å². The number of carboxylic acids is 1. The number of benzene rings is 3. The Morgan fingerprint density at radius 3 is 2.50 bits per heavy atom. The Bertz CT molecular complexity index is 1200. The normalized spacial score (nSPS) is 16.0. The van der Waals surface area contributed by atoms with Crippen LogP contribution < -0.4 is 9.64 Å². The number of amidine groups is 1. The lowest BCUT2D eigenvalue weighted by molar-refractivity contribution is -0.113. The Morgan fingerprint density at radius 1 is 1.06 bits per heavy atom. The first-order valence-electron chi connectivity index (χ1n) is 9.99. The lowest BCUT2D eigenvalue weighted by atomic mass is 10.2. The number of nitrogens with zero attached hydrogens (tertiary/aromatic N) is 2. The molecule has 1 heterocycles. The summed E-state index contributed by atoms with van der Waals surface area (Å²) in [6.45, 7) is 2.51. The van der Waals surface area contributed by atoms with Crippen molar-refractivity contribution in [1.29, 1.82) is 0 Å². The minimum absolute atomic E-state index is 0.137. The highest BCUT2D eigenvalue weighted by atomic mass is 32.2. The number of carboxylic acid groups (broad SMARTS) is 1. The average Bonchev–Trinajstić information content (AvgIpc) is 3.10. The van der Waals surface area contributed by atoms with Crippen molar-refractivity contribution in [3.63, 3.8) is 0 Å². The number of ether oxygens (including phenoxy) is 1. The van der Waals surface area contributed by atoms with E-state index in [1.165, 1.54) is 23.9 Å². The summed E-state index contributed by atoms with van der Waals surface area (Å²) in [5.41, 5.74) is 2.15. The van der Waals surface area contributed by atoms with Crippen LogP contribution >= 0.6 is 11.8 Å². The molecule has 1 N–H and O–H groups in total. The molecule has 0 atom stereocenters. The van der Waals surface area contributed by atoms with E-state index in [4.69, 9.17) is 4.74 Å². The summed E-state index contributed by atoms with van der Waals surface area (Å²) < 4.78 is 5.47. The topological polar surface area (TPSA) is 79.2 Å². The SMILES string of the molecule is CCOc1ccc(/C=C2\SC(=Nc3cccc(C(=O)O)c3)N(c3ccccc3)C2=O)cc1. The molecule has 32 heavy (non-hydrogen) atoms. The van der Waals surface area contributed by atoms with E-state index in [9.17, 15) is 14.7 Å². The van der Waals surface area contributed by atoms with Gasteiger partial charge in [-0.1, -0.05) is 36.4 Å². The number of hydrogen-bond acceptors (Lipinski definition) is 5. The molecular weight excluding hydrogens is 424 g/mol.